The Hall–Kier alpha value is -3.06. The van der Waals surface area contributed by atoms with Gasteiger partial charge in [-0.1, -0.05) is 17.7 Å². The molecule has 1 heterocycles. The Morgan fingerprint density at radius 1 is 1.35 bits per heavy atom. The van der Waals surface area contributed by atoms with Gasteiger partial charge in [0.2, 0.25) is 0 Å². The van der Waals surface area contributed by atoms with Gasteiger partial charge in [0.25, 0.3) is 0 Å². The first-order valence-corrected chi connectivity index (χ1v) is 12.2. The first kappa shape index (κ1) is 24.2. The van der Waals surface area contributed by atoms with Gasteiger partial charge in [-0.15, -0.1) is 0 Å². The first-order chi connectivity index (χ1) is 14.6. The molecule has 0 fully saturated rings. The standard InChI is InChI=1S/C21H31N7O2S/c1-15-7-9-17(10-8-15)28-20(23)18(14-22)19(27-28)6-5-12-25-21(24-3)26-16(2)11-13-31(4,29)30/h7-10,16H,5-6,11-13,23H2,1-4H3,(H2,24,25,26). The molecule has 0 saturated carbocycles. The molecule has 1 atom stereocenters. The zero-order chi connectivity index (χ0) is 23.0. The molecule has 9 nitrogen and oxygen atoms in total. The summed E-state index contributed by atoms with van der Waals surface area (Å²) in [6, 6.07) is 9.93. The highest BCUT2D eigenvalue weighted by molar-refractivity contribution is 7.90. The van der Waals surface area contributed by atoms with Crippen LogP contribution in [0.1, 0.15) is 36.6 Å². The molecule has 0 saturated heterocycles. The lowest BCUT2D eigenvalue weighted by Crippen LogP contribution is -2.43. The summed E-state index contributed by atoms with van der Waals surface area (Å²) in [5.74, 6) is 1.07. The minimum absolute atomic E-state index is 0.0314. The fourth-order valence-corrected chi connectivity index (χ4v) is 3.79. The number of nitrogens with zero attached hydrogens (tertiary/aromatic N) is 4. The zero-order valence-electron chi connectivity index (χ0n) is 18.5. The number of nitrogen functional groups attached to an aromatic ring is 1. The quantitative estimate of drug-likeness (QED) is 0.302. The summed E-state index contributed by atoms with van der Waals surface area (Å²) < 4.78 is 24.2. The van der Waals surface area contributed by atoms with Gasteiger partial charge < -0.3 is 16.4 Å². The van der Waals surface area contributed by atoms with Crippen molar-refractivity contribution in [2.45, 2.75) is 39.2 Å². The van der Waals surface area contributed by atoms with E-state index in [0.29, 0.717) is 42.4 Å². The molecule has 0 aliphatic rings. The summed E-state index contributed by atoms with van der Waals surface area (Å²) in [6.07, 6.45) is 3.03. The van der Waals surface area contributed by atoms with Crippen LogP contribution in [-0.4, -0.2) is 55.8 Å². The van der Waals surface area contributed by atoms with Crippen LogP contribution in [0.3, 0.4) is 0 Å². The predicted molar refractivity (Wildman–Crippen MR) is 124 cm³/mol. The number of nitrogens with one attached hydrogen (secondary N) is 2. The molecule has 0 bridgehead atoms. The Kier molecular flexibility index (Phi) is 8.45. The van der Waals surface area contributed by atoms with Gasteiger partial charge in [0.05, 0.1) is 17.1 Å². The normalized spacial score (nSPS) is 12.9. The van der Waals surface area contributed by atoms with Gasteiger partial charge in [0.1, 0.15) is 27.3 Å². The Labute approximate surface area is 184 Å². The molecule has 168 valence electrons. The third-order valence-corrected chi connectivity index (χ3v) is 5.77. The highest BCUT2D eigenvalue weighted by Crippen LogP contribution is 2.21. The van der Waals surface area contributed by atoms with Gasteiger partial charge >= 0.3 is 0 Å². The molecule has 0 radical (unpaired) electrons. The molecule has 10 heteroatoms. The first-order valence-electron chi connectivity index (χ1n) is 10.1. The maximum Gasteiger partial charge on any atom is 0.191 e. The van der Waals surface area contributed by atoms with Crippen molar-refractivity contribution in [2.75, 3.05) is 31.3 Å². The third-order valence-electron chi connectivity index (χ3n) is 4.80. The van der Waals surface area contributed by atoms with Crippen LogP contribution in [0.4, 0.5) is 5.82 Å². The van der Waals surface area contributed by atoms with E-state index in [0.717, 1.165) is 17.7 Å². The number of aliphatic imine (C=N–C) groups is 1. The van der Waals surface area contributed by atoms with E-state index in [1.54, 1.807) is 11.7 Å². The van der Waals surface area contributed by atoms with Crippen LogP contribution >= 0.6 is 0 Å². The van der Waals surface area contributed by atoms with Crippen molar-refractivity contribution in [3.8, 4) is 11.8 Å². The molecule has 2 aromatic rings. The zero-order valence-corrected chi connectivity index (χ0v) is 19.3. The minimum atomic E-state index is -2.99. The molecule has 0 amide bonds. The van der Waals surface area contributed by atoms with Crippen molar-refractivity contribution >= 4 is 21.6 Å². The molecule has 4 N–H and O–H groups in total. The largest absolute Gasteiger partial charge is 0.382 e. The lowest BCUT2D eigenvalue weighted by atomic mass is 10.1. The van der Waals surface area contributed by atoms with E-state index in [4.69, 9.17) is 5.73 Å². The van der Waals surface area contributed by atoms with Gasteiger partial charge in [-0.05, 0) is 45.2 Å². The number of hydrogen-bond donors (Lipinski definition) is 3. The van der Waals surface area contributed by atoms with Crippen molar-refractivity contribution < 1.29 is 8.42 Å². The van der Waals surface area contributed by atoms with E-state index in [2.05, 4.69) is 26.8 Å². The SMILES string of the molecule is CN=C(NCCCc1nn(-c2ccc(C)cc2)c(N)c1C#N)NC(C)CCS(C)(=O)=O. The maximum absolute atomic E-state index is 11.3. The number of aromatic nitrogens is 2. The highest BCUT2D eigenvalue weighted by Gasteiger charge is 2.16. The monoisotopic (exact) mass is 445 g/mol. The van der Waals surface area contributed by atoms with Crippen molar-refractivity contribution in [1.82, 2.24) is 20.4 Å². The number of aryl methyl sites for hydroxylation is 2. The Balaban J connectivity index is 1.92. The summed E-state index contributed by atoms with van der Waals surface area (Å²) in [5.41, 5.74) is 9.17. The number of rotatable bonds is 9. The molecule has 31 heavy (non-hydrogen) atoms. The summed E-state index contributed by atoms with van der Waals surface area (Å²) in [7, 11) is -1.33. The molecule has 0 aliphatic heterocycles. The van der Waals surface area contributed by atoms with Gasteiger partial charge in [0.15, 0.2) is 5.96 Å². The molecule has 1 aromatic carbocycles. The number of anilines is 1. The van der Waals surface area contributed by atoms with Crippen LogP contribution in [0, 0.1) is 18.3 Å². The molecule has 2 rings (SSSR count). The van der Waals surface area contributed by atoms with Crippen LogP contribution < -0.4 is 16.4 Å². The van der Waals surface area contributed by atoms with Gasteiger partial charge in [-0.3, -0.25) is 4.99 Å². The van der Waals surface area contributed by atoms with Crippen LogP contribution in [0.15, 0.2) is 29.3 Å². The van der Waals surface area contributed by atoms with E-state index < -0.39 is 9.84 Å². The van der Waals surface area contributed by atoms with E-state index in [1.165, 1.54) is 6.26 Å². The predicted octanol–water partition coefficient (Wildman–Crippen LogP) is 1.56. The van der Waals surface area contributed by atoms with Gasteiger partial charge in [0, 0.05) is 25.9 Å². The van der Waals surface area contributed by atoms with E-state index >= 15 is 0 Å². The van der Waals surface area contributed by atoms with Crippen LogP contribution in [0.2, 0.25) is 0 Å². The number of nitriles is 1. The summed E-state index contributed by atoms with van der Waals surface area (Å²) >= 11 is 0. The number of hydrogen-bond acceptors (Lipinski definition) is 6. The molecule has 1 unspecified atom stereocenters. The molecule has 0 aliphatic carbocycles. The number of guanidine groups is 1. The van der Waals surface area contributed by atoms with Crippen molar-refractivity contribution in [1.29, 1.82) is 5.26 Å². The Bertz CT molecular complexity index is 1050. The fraction of sp³-hybridized carbons (Fsp3) is 0.476. The smallest absolute Gasteiger partial charge is 0.191 e. The van der Waals surface area contributed by atoms with Crippen molar-refractivity contribution in [3.05, 3.63) is 41.1 Å². The summed E-state index contributed by atoms with van der Waals surface area (Å²) in [4.78, 5) is 4.17. The number of benzene rings is 1. The second-order valence-electron chi connectivity index (χ2n) is 7.63. The van der Waals surface area contributed by atoms with Crippen molar-refractivity contribution in [2.24, 2.45) is 4.99 Å². The van der Waals surface area contributed by atoms with Gasteiger partial charge in [-0.25, -0.2) is 13.1 Å². The van der Waals surface area contributed by atoms with Crippen LogP contribution in [-0.2, 0) is 16.3 Å². The minimum Gasteiger partial charge on any atom is -0.382 e. The lowest BCUT2D eigenvalue weighted by molar-refractivity contribution is 0.580. The van der Waals surface area contributed by atoms with E-state index in [-0.39, 0.29) is 11.8 Å². The van der Waals surface area contributed by atoms with E-state index in [1.807, 2.05) is 38.1 Å². The topological polar surface area (TPSA) is 138 Å². The van der Waals surface area contributed by atoms with Crippen LogP contribution in [0.25, 0.3) is 5.69 Å². The highest BCUT2D eigenvalue weighted by atomic mass is 32.2. The fourth-order valence-electron chi connectivity index (χ4n) is 3.01. The Morgan fingerprint density at radius 3 is 2.61 bits per heavy atom. The summed E-state index contributed by atoms with van der Waals surface area (Å²) in [5, 5.41) is 20.5. The third kappa shape index (κ3) is 7.29. The molecule has 0 spiro atoms. The van der Waals surface area contributed by atoms with E-state index in [9.17, 15) is 13.7 Å². The van der Waals surface area contributed by atoms with Crippen molar-refractivity contribution in [3.63, 3.8) is 0 Å². The second-order valence-corrected chi connectivity index (χ2v) is 9.89. The lowest BCUT2D eigenvalue weighted by Gasteiger charge is -2.17. The average molecular weight is 446 g/mol. The molecular formula is C21H31N7O2S. The number of sulfone groups is 1. The second kappa shape index (κ2) is 10.8. The molecular weight excluding hydrogens is 414 g/mol. The van der Waals surface area contributed by atoms with Crippen LogP contribution in [0.5, 0.6) is 0 Å². The van der Waals surface area contributed by atoms with Gasteiger partial charge in [-0.2, -0.15) is 10.4 Å². The maximum atomic E-state index is 11.3. The number of nitrogens with two attached hydrogens (primary N) is 1. The molecule has 1 aromatic heterocycles. The summed E-state index contributed by atoms with van der Waals surface area (Å²) in [6.45, 7) is 4.53. The average Bonchev–Trinajstić information content (AvgIpc) is 3.04. The Morgan fingerprint density at radius 2 is 2.03 bits per heavy atom.